The molecule has 0 radical (unpaired) electrons. The maximum Gasteiger partial charge on any atom is 0.0910 e. The van der Waals surface area contributed by atoms with E-state index in [0.717, 1.165) is 11.3 Å². The van der Waals surface area contributed by atoms with Gasteiger partial charge in [-0.1, -0.05) is 25.3 Å². The Morgan fingerprint density at radius 1 is 1.67 bits per heavy atom. The van der Waals surface area contributed by atoms with E-state index in [0.29, 0.717) is 6.42 Å². The molecule has 0 aromatic carbocycles. The molecular formula is C10H11NO. The second-order valence-electron chi connectivity index (χ2n) is 2.49. The van der Waals surface area contributed by atoms with E-state index in [1.54, 1.807) is 12.3 Å². The van der Waals surface area contributed by atoms with E-state index in [1.807, 2.05) is 12.1 Å². The van der Waals surface area contributed by atoms with Crippen LogP contribution in [0.1, 0.15) is 11.3 Å². The number of hydrogen-bond acceptors (Lipinski definition) is 2. The highest BCUT2D eigenvalue weighted by atomic mass is 16.3. The second kappa shape index (κ2) is 3.72. The number of aromatic nitrogens is 1. The minimum absolute atomic E-state index is 0.122. The molecule has 0 saturated heterocycles. The van der Waals surface area contributed by atoms with Crippen LogP contribution in [-0.2, 0) is 6.42 Å². The lowest BCUT2D eigenvalue weighted by atomic mass is 10.1. The van der Waals surface area contributed by atoms with Crippen molar-refractivity contribution in [3.8, 4) is 0 Å². The van der Waals surface area contributed by atoms with Crippen LogP contribution in [0.2, 0.25) is 0 Å². The molecule has 12 heavy (non-hydrogen) atoms. The molecule has 0 saturated carbocycles. The first-order valence-corrected chi connectivity index (χ1v) is 3.67. The van der Waals surface area contributed by atoms with Crippen molar-refractivity contribution < 1.29 is 5.11 Å². The molecule has 1 aromatic rings. The van der Waals surface area contributed by atoms with Crippen LogP contribution in [-0.4, -0.2) is 10.1 Å². The van der Waals surface area contributed by atoms with Crippen molar-refractivity contribution in [2.45, 2.75) is 6.42 Å². The quantitative estimate of drug-likeness (QED) is 0.690. The zero-order valence-corrected chi connectivity index (χ0v) is 6.83. The first-order valence-electron chi connectivity index (χ1n) is 3.67. The van der Waals surface area contributed by atoms with Gasteiger partial charge in [0, 0.05) is 12.6 Å². The van der Waals surface area contributed by atoms with Gasteiger partial charge >= 0.3 is 0 Å². The van der Waals surface area contributed by atoms with Crippen LogP contribution in [0, 0.1) is 0 Å². The fourth-order valence-electron chi connectivity index (χ4n) is 0.977. The SMILES string of the molecule is C=Cc1cccnc1CC(=C)O. The van der Waals surface area contributed by atoms with Gasteiger partial charge in [0.25, 0.3) is 0 Å². The standard InChI is InChI=1S/C10H11NO/c1-3-9-5-4-6-11-10(9)7-8(2)12/h3-6,12H,1-2,7H2. The predicted octanol–water partition coefficient (Wildman–Crippen LogP) is 2.34. The van der Waals surface area contributed by atoms with Gasteiger partial charge in [0.05, 0.1) is 11.5 Å². The lowest BCUT2D eigenvalue weighted by Gasteiger charge is -2.02. The molecule has 0 aliphatic heterocycles. The summed E-state index contributed by atoms with van der Waals surface area (Å²) in [7, 11) is 0. The molecule has 2 heteroatoms. The monoisotopic (exact) mass is 161 g/mol. The zero-order valence-electron chi connectivity index (χ0n) is 6.83. The number of aliphatic hydroxyl groups is 1. The van der Waals surface area contributed by atoms with E-state index in [4.69, 9.17) is 5.11 Å². The topological polar surface area (TPSA) is 33.1 Å². The maximum absolute atomic E-state index is 8.96. The molecule has 0 aliphatic rings. The third-order valence-corrected chi connectivity index (χ3v) is 1.52. The molecule has 62 valence electrons. The molecule has 2 nitrogen and oxygen atoms in total. The highest BCUT2D eigenvalue weighted by Gasteiger charge is 2.00. The van der Waals surface area contributed by atoms with Gasteiger partial charge in [0.15, 0.2) is 0 Å². The molecule has 0 aliphatic carbocycles. The van der Waals surface area contributed by atoms with Crippen LogP contribution in [0.5, 0.6) is 0 Å². The van der Waals surface area contributed by atoms with Crippen molar-refractivity contribution in [3.05, 3.63) is 48.5 Å². The number of hydrogen-bond donors (Lipinski definition) is 1. The summed E-state index contributed by atoms with van der Waals surface area (Å²) in [4.78, 5) is 4.10. The van der Waals surface area contributed by atoms with Gasteiger partial charge in [0.1, 0.15) is 0 Å². The van der Waals surface area contributed by atoms with Gasteiger partial charge in [0.2, 0.25) is 0 Å². The summed E-state index contributed by atoms with van der Waals surface area (Å²) in [5, 5.41) is 8.96. The van der Waals surface area contributed by atoms with Crippen molar-refractivity contribution in [3.63, 3.8) is 0 Å². The number of pyridine rings is 1. The van der Waals surface area contributed by atoms with E-state index in [-0.39, 0.29) is 5.76 Å². The van der Waals surface area contributed by atoms with Gasteiger partial charge in [-0.15, -0.1) is 0 Å². The smallest absolute Gasteiger partial charge is 0.0910 e. The average molecular weight is 161 g/mol. The number of allylic oxidation sites excluding steroid dienone is 1. The van der Waals surface area contributed by atoms with Crippen LogP contribution in [0.3, 0.4) is 0 Å². The van der Waals surface area contributed by atoms with E-state index in [1.165, 1.54) is 0 Å². The molecule has 0 atom stereocenters. The summed E-state index contributed by atoms with van der Waals surface area (Å²) in [5.41, 5.74) is 1.74. The van der Waals surface area contributed by atoms with Crippen LogP contribution < -0.4 is 0 Å². The first kappa shape index (κ1) is 8.53. The summed E-state index contributed by atoms with van der Waals surface area (Å²) < 4.78 is 0. The van der Waals surface area contributed by atoms with Crippen LogP contribution >= 0.6 is 0 Å². The molecule has 1 heterocycles. The van der Waals surface area contributed by atoms with Crippen molar-refractivity contribution in [1.82, 2.24) is 4.98 Å². The van der Waals surface area contributed by atoms with Crippen molar-refractivity contribution in [2.75, 3.05) is 0 Å². The molecule has 0 unspecified atom stereocenters. The molecule has 1 N–H and O–H groups in total. The van der Waals surface area contributed by atoms with Gasteiger partial charge in [-0.25, -0.2) is 0 Å². The first-order chi connectivity index (χ1) is 5.74. The highest BCUT2D eigenvalue weighted by Crippen LogP contribution is 2.09. The Balaban J connectivity index is 2.96. The molecule has 0 amide bonds. The van der Waals surface area contributed by atoms with Gasteiger partial charge < -0.3 is 5.11 Å². The third kappa shape index (κ3) is 1.95. The molecule has 1 aromatic heterocycles. The molecule has 0 fully saturated rings. The van der Waals surface area contributed by atoms with Gasteiger partial charge in [-0.3, -0.25) is 4.98 Å². The van der Waals surface area contributed by atoms with E-state index >= 15 is 0 Å². The Morgan fingerprint density at radius 2 is 2.42 bits per heavy atom. The Labute approximate surface area is 71.9 Å². The van der Waals surface area contributed by atoms with Crippen molar-refractivity contribution in [1.29, 1.82) is 0 Å². The fourth-order valence-corrected chi connectivity index (χ4v) is 0.977. The molecule has 1 rings (SSSR count). The minimum atomic E-state index is 0.122. The highest BCUT2D eigenvalue weighted by molar-refractivity contribution is 5.49. The minimum Gasteiger partial charge on any atom is -0.513 e. The van der Waals surface area contributed by atoms with E-state index in [2.05, 4.69) is 18.1 Å². The lowest BCUT2D eigenvalue weighted by molar-refractivity contribution is 0.400. The van der Waals surface area contributed by atoms with E-state index in [9.17, 15) is 0 Å². The zero-order chi connectivity index (χ0) is 8.97. The molecule has 0 bridgehead atoms. The Morgan fingerprint density at radius 3 is 3.00 bits per heavy atom. The Hall–Kier alpha value is -1.57. The third-order valence-electron chi connectivity index (χ3n) is 1.52. The Bertz CT molecular complexity index is 304. The second-order valence-corrected chi connectivity index (χ2v) is 2.49. The average Bonchev–Trinajstić information content (AvgIpc) is 2.04. The van der Waals surface area contributed by atoms with E-state index < -0.39 is 0 Å². The predicted molar refractivity (Wildman–Crippen MR) is 49.8 cm³/mol. The summed E-state index contributed by atoms with van der Waals surface area (Å²) in [5.74, 6) is 0.122. The summed E-state index contributed by atoms with van der Waals surface area (Å²) in [6.07, 6.45) is 3.79. The largest absolute Gasteiger partial charge is 0.513 e. The normalized spacial score (nSPS) is 9.33. The number of rotatable bonds is 3. The van der Waals surface area contributed by atoms with Gasteiger partial charge in [-0.05, 0) is 11.6 Å². The molecular weight excluding hydrogens is 150 g/mol. The number of aliphatic hydroxyl groups excluding tert-OH is 1. The van der Waals surface area contributed by atoms with Crippen molar-refractivity contribution >= 4 is 6.08 Å². The van der Waals surface area contributed by atoms with Crippen molar-refractivity contribution in [2.24, 2.45) is 0 Å². The Kier molecular flexibility index (Phi) is 2.64. The van der Waals surface area contributed by atoms with Crippen LogP contribution in [0.4, 0.5) is 0 Å². The summed E-state index contributed by atoms with van der Waals surface area (Å²) >= 11 is 0. The van der Waals surface area contributed by atoms with Gasteiger partial charge in [-0.2, -0.15) is 0 Å². The maximum atomic E-state index is 8.96. The number of nitrogens with zero attached hydrogens (tertiary/aromatic N) is 1. The van der Waals surface area contributed by atoms with Crippen LogP contribution in [0.25, 0.3) is 6.08 Å². The summed E-state index contributed by atoms with van der Waals surface area (Å²) in [6.45, 7) is 7.05. The van der Waals surface area contributed by atoms with Crippen LogP contribution in [0.15, 0.2) is 37.2 Å². The molecule has 0 spiro atoms. The fraction of sp³-hybridized carbons (Fsp3) is 0.100. The summed E-state index contributed by atoms with van der Waals surface area (Å²) in [6, 6.07) is 3.74. The lowest BCUT2D eigenvalue weighted by Crippen LogP contribution is -1.94.